The second-order valence-corrected chi connectivity index (χ2v) is 5.21. The molecule has 0 spiro atoms. The highest BCUT2D eigenvalue weighted by atomic mass is 32.2. The van der Waals surface area contributed by atoms with Gasteiger partial charge in [0.25, 0.3) is 0 Å². The lowest BCUT2D eigenvalue weighted by Crippen LogP contribution is -1.84. The number of hydrogen-bond donors (Lipinski definition) is 1. The molecule has 106 valence electrons. The first-order valence-corrected chi connectivity index (χ1v) is 7.36. The minimum Gasteiger partial charge on any atom is -0.340 e. The molecule has 3 aromatic rings. The predicted molar refractivity (Wildman–Crippen MR) is 80.3 cm³/mol. The van der Waals surface area contributed by atoms with Gasteiger partial charge in [-0.05, 0) is 11.6 Å². The van der Waals surface area contributed by atoms with Gasteiger partial charge in [0.05, 0.1) is 5.75 Å². The number of benzene rings is 1. The summed E-state index contributed by atoms with van der Waals surface area (Å²) < 4.78 is 4.91. The second kappa shape index (κ2) is 6.36. The van der Waals surface area contributed by atoms with Gasteiger partial charge in [0.2, 0.25) is 11.0 Å². The Morgan fingerprint density at radius 3 is 2.81 bits per heavy atom. The third kappa shape index (κ3) is 3.79. The van der Waals surface area contributed by atoms with E-state index in [0.717, 1.165) is 5.56 Å². The Morgan fingerprint density at radius 1 is 1.19 bits per heavy atom. The molecule has 0 radical (unpaired) electrons. The maximum Gasteiger partial charge on any atom is 0.223 e. The molecule has 0 amide bonds. The van der Waals surface area contributed by atoms with Crippen molar-refractivity contribution >= 4 is 23.9 Å². The van der Waals surface area contributed by atoms with Gasteiger partial charge >= 0.3 is 0 Å². The van der Waals surface area contributed by atoms with Crippen molar-refractivity contribution in [2.75, 3.05) is 0 Å². The van der Waals surface area contributed by atoms with Gasteiger partial charge in [-0.3, -0.25) is 5.10 Å². The molecule has 0 aliphatic heterocycles. The number of H-pyrrole nitrogens is 1. The molecule has 21 heavy (non-hydrogen) atoms. The van der Waals surface area contributed by atoms with Gasteiger partial charge in [0.1, 0.15) is 5.82 Å². The van der Waals surface area contributed by atoms with Gasteiger partial charge in [0, 0.05) is 6.92 Å². The highest BCUT2D eigenvalue weighted by Crippen LogP contribution is 2.17. The lowest BCUT2D eigenvalue weighted by Gasteiger charge is -1.90. The average Bonchev–Trinajstić information content (AvgIpc) is 3.13. The largest absolute Gasteiger partial charge is 0.340 e. The van der Waals surface area contributed by atoms with Gasteiger partial charge in [-0.25, -0.2) is 4.98 Å². The normalized spacial score (nSPS) is 11.3. The van der Waals surface area contributed by atoms with Crippen molar-refractivity contribution in [2.45, 2.75) is 17.8 Å². The van der Waals surface area contributed by atoms with Crippen LogP contribution >= 0.6 is 11.8 Å². The second-order valence-electron chi connectivity index (χ2n) is 4.27. The van der Waals surface area contributed by atoms with Gasteiger partial charge < -0.3 is 4.52 Å². The van der Waals surface area contributed by atoms with Gasteiger partial charge in [-0.15, -0.1) is 5.10 Å². The van der Waals surface area contributed by atoms with Crippen LogP contribution in [0.2, 0.25) is 0 Å². The molecule has 0 saturated heterocycles. The summed E-state index contributed by atoms with van der Waals surface area (Å²) in [6.45, 7) is 1.76. The summed E-state index contributed by atoms with van der Waals surface area (Å²) in [4.78, 5) is 8.50. The Morgan fingerprint density at radius 2 is 2.05 bits per heavy atom. The Balaban J connectivity index is 1.60. The van der Waals surface area contributed by atoms with E-state index in [1.165, 1.54) is 11.8 Å². The van der Waals surface area contributed by atoms with E-state index in [1.54, 1.807) is 6.92 Å². The van der Waals surface area contributed by atoms with E-state index in [9.17, 15) is 0 Å². The molecular formula is C14H13N5OS. The molecule has 6 nitrogen and oxygen atoms in total. The first-order valence-electron chi connectivity index (χ1n) is 6.37. The lowest BCUT2D eigenvalue weighted by atomic mass is 10.2. The number of aryl methyl sites for hydroxylation is 1. The van der Waals surface area contributed by atoms with Gasteiger partial charge in [0.15, 0.2) is 5.82 Å². The van der Waals surface area contributed by atoms with Crippen LogP contribution in [0.25, 0.3) is 12.2 Å². The van der Waals surface area contributed by atoms with Crippen molar-refractivity contribution in [2.24, 2.45) is 0 Å². The van der Waals surface area contributed by atoms with E-state index in [4.69, 9.17) is 4.52 Å². The molecule has 0 unspecified atom stereocenters. The number of nitrogens with zero attached hydrogens (tertiary/aromatic N) is 4. The monoisotopic (exact) mass is 299 g/mol. The zero-order chi connectivity index (χ0) is 14.5. The van der Waals surface area contributed by atoms with Crippen molar-refractivity contribution < 1.29 is 4.52 Å². The molecule has 0 fully saturated rings. The fourth-order valence-electron chi connectivity index (χ4n) is 1.67. The molecule has 2 heterocycles. The first kappa shape index (κ1) is 13.6. The number of aromatic amines is 1. The van der Waals surface area contributed by atoms with Crippen LogP contribution in [0.4, 0.5) is 0 Å². The molecule has 1 aromatic carbocycles. The van der Waals surface area contributed by atoms with Crippen LogP contribution in [-0.4, -0.2) is 25.3 Å². The highest BCUT2D eigenvalue weighted by Gasteiger charge is 2.06. The smallest absolute Gasteiger partial charge is 0.223 e. The van der Waals surface area contributed by atoms with Crippen LogP contribution < -0.4 is 0 Å². The Hall–Kier alpha value is -2.41. The van der Waals surface area contributed by atoms with Crippen molar-refractivity contribution in [3.8, 4) is 0 Å². The van der Waals surface area contributed by atoms with Gasteiger partial charge in [-0.1, -0.05) is 53.3 Å². The van der Waals surface area contributed by atoms with Gasteiger partial charge in [-0.2, -0.15) is 4.98 Å². The SMILES string of the molecule is Cc1nc(CSc2n[nH]c(C=Cc3ccccc3)n2)no1. The number of nitrogens with one attached hydrogen (secondary N) is 1. The van der Waals surface area contributed by atoms with E-state index >= 15 is 0 Å². The quantitative estimate of drug-likeness (QED) is 0.729. The van der Waals surface area contributed by atoms with Crippen molar-refractivity contribution in [1.82, 2.24) is 25.3 Å². The van der Waals surface area contributed by atoms with Crippen LogP contribution in [0.5, 0.6) is 0 Å². The zero-order valence-electron chi connectivity index (χ0n) is 11.4. The van der Waals surface area contributed by atoms with Crippen molar-refractivity contribution in [3.05, 3.63) is 53.4 Å². The average molecular weight is 299 g/mol. The fraction of sp³-hybridized carbons (Fsp3) is 0.143. The fourth-order valence-corrected chi connectivity index (χ4v) is 2.31. The molecule has 2 aromatic heterocycles. The van der Waals surface area contributed by atoms with E-state index in [0.29, 0.717) is 28.4 Å². The number of hydrogen-bond acceptors (Lipinski definition) is 6. The van der Waals surface area contributed by atoms with Crippen LogP contribution in [0, 0.1) is 6.92 Å². The lowest BCUT2D eigenvalue weighted by molar-refractivity contribution is 0.389. The highest BCUT2D eigenvalue weighted by molar-refractivity contribution is 7.98. The molecule has 1 N–H and O–H groups in total. The van der Waals surface area contributed by atoms with Crippen LogP contribution in [-0.2, 0) is 5.75 Å². The third-order valence-electron chi connectivity index (χ3n) is 2.62. The standard InChI is InChI=1S/C14H13N5OS/c1-10-15-13(19-20-10)9-21-14-16-12(17-18-14)8-7-11-5-3-2-4-6-11/h2-8H,9H2,1H3,(H,16,17,18). The summed E-state index contributed by atoms with van der Waals surface area (Å²) in [7, 11) is 0. The maximum atomic E-state index is 4.91. The third-order valence-corrected chi connectivity index (χ3v) is 3.46. The van der Waals surface area contributed by atoms with Crippen LogP contribution in [0.1, 0.15) is 23.1 Å². The number of aromatic nitrogens is 5. The maximum absolute atomic E-state index is 4.91. The summed E-state index contributed by atoms with van der Waals surface area (Å²) in [5.41, 5.74) is 1.12. The molecule has 0 bridgehead atoms. The molecule has 3 rings (SSSR count). The van der Waals surface area contributed by atoms with Crippen LogP contribution in [0.15, 0.2) is 40.0 Å². The molecular weight excluding hydrogens is 286 g/mol. The summed E-state index contributed by atoms with van der Waals surface area (Å²) >= 11 is 1.46. The predicted octanol–water partition coefficient (Wildman–Crippen LogP) is 2.96. The summed E-state index contributed by atoms with van der Waals surface area (Å²) in [5.74, 6) is 2.50. The van der Waals surface area contributed by atoms with E-state index < -0.39 is 0 Å². The molecule has 0 aliphatic rings. The number of rotatable bonds is 5. The molecule has 0 atom stereocenters. The minimum absolute atomic E-state index is 0.562. The summed E-state index contributed by atoms with van der Waals surface area (Å²) in [6.07, 6.45) is 3.88. The first-order chi connectivity index (χ1) is 10.3. The van der Waals surface area contributed by atoms with E-state index in [1.807, 2.05) is 42.5 Å². The topological polar surface area (TPSA) is 80.5 Å². The molecule has 7 heteroatoms. The Labute approximate surface area is 125 Å². The van der Waals surface area contributed by atoms with E-state index in [-0.39, 0.29) is 0 Å². The summed E-state index contributed by atoms with van der Waals surface area (Å²) in [6, 6.07) is 10.0. The minimum atomic E-state index is 0.562. The van der Waals surface area contributed by atoms with Crippen molar-refractivity contribution in [1.29, 1.82) is 0 Å². The zero-order valence-corrected chi connectivity index (χ0v) is 12.2. The van der Waals surface area contributed by atoms with Crippen LogP contribution in [0.3, 0.4) is 0 Å². The Kier molecular flexibility index (Phi) is 4.11. The number of thioether (sulfide) groups is 1. The summed E-state index contributed by atoms with van der Waals surface area (Å²) in [5, 5.41) is 11.5. The Bertz CT molecular complexity index is 735. The molecule has 0 saturated carbocycles. The van der Waals surface area contributed by atoms with E-state index in [2.05, 4.69) is 25.3 Å². The molecule has 0 aliphatic carbocycles. The van der Waals surface area contributed by atoms with Crippen molar-refractivity contribution in [3.63, 3.8) is 0 Å².